The van der Waals surface area contributed by atoms with Crippen LogP contribution in [0, 0.1) is 22.7 Å². The van der Waals surface area contributed by atoms with E-state index in [2.05, 4.69) is 42.5 Å². The first kappa shape index (κ1) is 22.1. The van der Waals surface area contributed by atoms with Crippen LogP contribution in [0.15, 0.2) is 57.5 Å². The molecule has 0 aromatic heterocycles. The van der Waals surface area contributed by atoms with Crippen LogP contribution in [0.5, 0.6) is 0 Å². The largest absolute Gasteiger partial charge is 0.326 e. The molecule has 6 rings (SSSR count). The fourth-order valence-corrected chi connectivity index (χ4v) is 7.75. The molecule has 2 amide bonds. The summed E-state index contributed by atoms with van der Waals surface area (Å²) in [6.07, 6.45) is 7.92. The van der Waals surface area contributed by atoms with Gasteiger partial charge >= 0.3 is 0 Å². The summed E-state index contributed by atoms with van der Waals surface area (Å²) in [6.45, 7) is 0. The van der Waals surface area contributed by atoms with Crippen molar-refractivity contribution in [3.8, 4) is 0 Å². The Morgan fingerprint density at radius 1 is 0.719 bits per heavy atom. The van der Waals surface area contributed by atoms with Gasteiger partial charge in [0.05, 0.1) is 0 Å². The van der Waals surface area contributed by atoms with Gasteiger partial charge in [-0.1, -0.05) is 31.9 Å². The van der Waals surface area contributed by atoms with Crippen molar-refractivity contribution in [3.63, 3.8) is 0 Å². The topological polar surface area (TPSA) is 58.2 Å². The Bertz CT molecular complexity index is 926. The highest BCUT2D eigenvalue weighted by molar-refractivity contribution is 9.10. The van der Waals surface area contributed by atoms with Crippen molar-refractivity contribution in [2.24, 2.45) is 22.7 Å². The van der Waals surface area contributed by atoms with E-state index < -0.39 is 0 Å². The Labute approximate surface area is 206 Å². The number of amides is 2. The molecule has 0 atom stereocenters. The molecular formula is C26H28Br2N2O2. The van der Waals surface area contributed by atoms with Crippen LogP contribution in [-0.2, 0) is 9.59 Å². The molecule has 0 heterocycles. The molecule has 4 saturated carbocycles. The van der Waals surface area contributed by atoms with Gasteiger partial charge in [0.25, 0.3) is 0 Å². The van der Waals surface area contributed by atoms with Gasteiger partial charge in [-0.05, 0) is 110 Å². The zero-order valence-corrected chi connectivity index (χ0v) is 21.2. The van der Waals surface area contributed by atoms with Crippen molar-refractivity contribution in [2.75, 3.05) is 10.6 Å². The Hall–Kier alpha value is -1.66. The van der Waals surface area contributed by atoms with Crippen LogP contribution in [0.1, 0.15) is 51.4 Å². The summed E-state index contributed by atoms with van der Waals surface area (Å²) in [5, 5.41) is 6.18. The van der Waals surface area contributed by atoms with E-state index in [1.807, 2.05) is 48.5 Å². The zero-order chi connectivity index (χ0) is 22.3. The second-order valence-electron chi connectivity index (χ2n) is 10.4. The van der Waals surface area contributed by atoms with Gasteiger partial charge in [0.15, 0.2) is 0 Å². The van der Waals surface area contributed by atoms with Crippen molar-refractivity contribution in [1.82, 2.24) is 0 Å². The van der Waals surface area contributed by atoms with Crippen molar-refractivity contribution in [2.45, 2.75) is 51.4 Å². The third kappa shape index (κ3) is 4.81. The van der Waals surface area contributed by atoms with E-state index in [0.717, 1.165) is 52.4 Å². The number of halogens is 2. The summed E-state index contributed by atoms with van der Waals surface area (Å²) in [5.74, 6) is 1.50. The molecule has 168 valence electrons. The maximum absolute atomic E-state index is 13.0. The van der Waals surface area contributed by atoms with Crippen LogP contribution in [0.25, 0.3) is 0 Å². The third-order valence-corrected chi connectivity index (χ3v) is 8.69. The molecule has 4 nitrogen and oxygen atoms in total. The van der Waals surface area contributed by atoms with E-state index in [1.54, 1.807) is 0 Å². The van der Waals surface area contributed by atoms with Crippen molar-refractivity contribution < 1.29 is 9.59 Å². The van der Waals surface area contributed by atoms with E-state index in [9.17, 15) is 9.59 Å². The molecule has 0 spiro atoms. The SMILES string of the molecule is O=C(CC12CC3CC(C1)CC(CC(=O)Nc1ccc(Br)cc1)(C3)C2)Nc1ccc(Br)cc1. The lowest BCUT2D eigenvalue weighted by Crippen LogP contribution is -2.53. The van der Waals surface area contributed by atoms with Gasteiger partial charge in [-0.3, -0.25) is 9.59 Å². The molecule has 32 heavy (non-hydrogen) atoms. The first-order valence-electron chi connectivity index (χ1n) is 11.4. The second-order valence-corrected chi connectivity index (χ2v) is 12.3. The average molecular weight is 560 g/mol. The Kier molecular flexibility index (Phi) is 5.95. The predicted molar refractivity (Wildman–Crippen MR) is 134 cm³/mol. The Balaban J connectivity index is 1.27. The van der Waals surface area contributed by atoms with E-state index >= 15 is 0 Å². The van der Waals surface area contributed by atoms with Crippen LogP contribution in [0.4, 0.5) is 11.4 Å². The van der Waals surface area contributed by atoms with Crippen molar-refractivity contribution in [1.29, 1.82) is 0 Å². The number of benzene rings is 2. The molecule has 0 unspecified atom stereocenters. The normalized spacial score (nSPS) is 30.2. The quantitative estimate of drug-likeness (QED) is 0.394. The van der Waals surface area contributed by atoms with Gasteiger partial charge in [-0.2, -0.15) is 0 Å². The first-order valence-corrected chi connectivity index (χ1v) is 13.0. The molecule has 2 aromatic carbocycles. The monoisotopic (exact) mass is 558 g/mol. The van der Waals surface area contributed by atoms with Crippen molar-refractivity contribution >= 4 is 55.0 Å². The van der Waals surface area contributed by atoms with E-state index in [-0.39, 0.29) is 22.6 Å². The fraction of sp³-hybridized carbons (Fsp3) is 0.462. The number of carbonyl (C=O) groups excluding carboxylic acids is 2. The number of carbonyl (C=O) groups is 2. The van der Waals surface area contributed by atoms with E-state index in [0.29, 0.717) is 24.7 Å². The number of hydrogen-bond acceptors (Lipinski definition) is 2. The zero-order valence-electron chi connectivity index (χ0n) is 18.0. The van der Waals surface area contributed by atoms with Crippen LogP contribution in [0.3, 0.4) is 0 Å². The Morgan fingerprint density at radius 3 is 1.47 bits per heavy atom. The van der Waals surface area contributed by atoms with Crippen LogP contribution < -0.4 is 10.6 Å². The summed E-state index contributed by atoms with van der Waals surface area (Å²) in [5.41, 5.74) is 1.76. The minimum Gasteiger partial charge on any atom is -0.326 e. The molecule has 6 heteroatoms. The summed E-state index contributed by atoms with van der Waals surface area (Å²) in [7, 11) is 0. The van der Waals surface area contributed by atoms with Gasteiger partial charge in [-0.15, -0.1) is 0 Å². The van der Waals surface area contributed by atoms with Gasteiger partial charge < -0.3 is 10.6 Å². The lowest BCUT2D eigenvalue weighted by atomic mass is 9.43. The minimum atomic E-state index is 0.0431. The maximum atomic E-state index is 13.0. The number of anilines is 2. The maximum Gasteiger partial charge on any atom is 0.224 e. The Morgan fingerprint density at radius 2 is 1.09 bits per heavy atom. The highest BCUT2D eigenvalue weighted by atomic mass is 79.9. The predicted octanol–water partition coefficient (Wildman–Crippen LogP) is 7.16. The molecule has 0 aliphatic heterocycles. The second kappa shape index (κ2) is 8.60. The lowest BCUT2D eigenvalue weighted by molar-refractivity contribution is -0.142. The highest BCUT2D eigenvalue weighted by Gasteiger charge is 2.58. The molecule has 4 aliphatic rings. The summed E-state index contributed by atoms with van der Waals surface area (Å²) in [6, 6.07) is 15.5. The van der Waals surface area contributed by atoms with Crippen LogP contribution in [0.2, 0.25) is 0 Å². The highest BCUT2D eigenvalue weighted by Crippen LogP contribution is 2.67. The fourth-order valence-electron chi connectivity index (χ4n) is 7.22. The van der Waals surface area contributed by atoms with Crippen molar-refractivity contribution in [3.05, 3.63) is 57.5 Å². The van der Waals surface area contributed by atoms with Gasteiger partial charge in [-0.25, -0.2) is 0 Å². The molecular weight excluding hydrogens is 532 g/mol. The number of rotatable bonds is 6. The number of nitrogens with one attached hydrogen (secondary N) is 2. The summed E-state index contributed by atoms with van der Waals surface area (Å²) >= 11 is 6.88. The third-order valence-electron chi connectivity index (χ3n) is 7.63. The summed E-state index contributed by atoms with van der Waals surface area (Å²) in [4.78, 5) is 25.9. The van der Waals surface area contributed by atoms with Gasteiger partial charge in [0.1, 0.15) is 0 Å². The molecule has 2 aromatic rings. The molecule has 4 fully saturated rings. The molecule has 4 aliphatic carbocycles. The van der Waals surface area contributed by atoms with Gasteiger partial charge in [0.2, 0.25) is 11.8 Å². The number of hydrogen-bond donors (Lipinski definition) is 2. The lowest BCUT2D eigenvalue weighted by Gasteiger charge is -2.62. The average Bonchev–Trinajstić information content (AvgIpc) is 2.69. The molecule has 0 saturated heterocycles. The molecule has 2 N–H and O–H groups in total. The van der Waals surface area contributed by atoms with Gasteiger partial charge in [0, 0.05) is 33.2 Å². The van der Waals surface area contributed by atoms with Crippen LogP contribution in [-0.4, -0.2) is 11.8 Å². The first-order chi connectivity index (χ1) is 15.3. The standard InChI is InChI=1S/C26H28Br2N2O2/c27-19-1-5-21(6-2-19)29-23(31)14-25-10-17-9-18(11-25)13-26(12-17,16-25)15-24(32)30-22-7-3-20(28)4-8-22/h1-8,17-18H,9-16H2,(H,29,31)(H,30,32). The van der Waals surface area contributed by atoms with E-state index in [1.165, 1.54) is 6.42 Å². The smallest absolute Gasteiger partial charge is 0.224 e. The molecule has 0 radical (unpaired) electrons. The minimum absolute atomic E-state index is 0.0431. The molecule has 4 bridgehead atoms. The van der Waals surface area contributed by atoms with E-state index in [4.69, 9.17) is 0 Å². The summed E-state index contributed by atoms with van der Waals surface area (Å²) < 4.78 is 2.00. The van der Waals surface area contributed by atoms with Crippen LogP contribution >= 0.6 is 31.9 Å².